The number of hydrogen-bond donors (Lipinski definition) is 1. The van der Waals surface area contributed by atoms with Gasteiger partial charge in [0.15, 0.2) is 0 Å². The van der Waals surface area contributed by atoms with Crippen LogP contribution in [0.25, 0.3) is 0 Å². The monoisotopic (exact) mass is 209 g/mol. The highest BCUT2D eigenvalue weighted by Gasteiger charge is 2.50. The number of likely N-dealkylation sites (tertiary alicyclic amines) is 1. The zero-order valence-electron chi connectivity index (χ0n) is 9.67. The molecular formula is C13H23NO. The Morgan fingerprint density at radius 2 is 1.67 bits per heavy atom. The Kier molecular flexibility index (Phi) is 2.33. The molecule has 0 unspecified atom stereocenters. The summed E-state index contributed by atoms with van der Waals surface area (Å²) in [5.74, 6) is 0. The molecule has 3 rings (SSSR count). The van der Waals surface area contributed by atoms with Crippen LogP contribution in [0.5, 0.6) is 0 Å². The van der Waals surface area contributed by atoms with Crippen molar-refractivity contribution in [2.45, 2.75) is 44.9 Å². The van der Waals surface area contributed by atoms with Gasteiger partial charge in [0.25, 0.3) is 0 Å². The predicted molar refractivity (Wildman–Crippen MR) is 60.7 cm³/mol. The summed E-state index contributed by atoms with van der Waals surface area (Å²) in [5.41, 5.74) is 1.28. The first-order valence-corrected chi connectivity index (χ1v) is 6.59. The third kappa shape index (κ3) is 1.83. The van der Waals surface area contributed by atoms with Crippen LogP contribution in [0.2, 0.25) is 0 Å². The van der Waals surface area contributed by atoms with E-state index in [1.54, 1.807) is 0 Å². The van der Waals surface area contributed by atoms with Crippen LogP contribution in [0.3, 0.4) is 0 Å². The van der Waals surface area contributed by atoms with E-state index >= 15 is 0 Å². The highest BCUT2D eigenvalue weighted by atomic mass is 16.3. The van der Waals surface area contributed by atoms with Crippen molar-refractivity contribution in [2.24, 2.45) is 10.8 Å². The molecule has 0 aromatic rings. The van der Waals surface area contributed by atoms with Gasteiger partial charge < -0.3 is 10.0 Å². The Balaban J connectivity index is 1.47. The van der Waals surface area contributed by atoms with Gasteiger partial charge in [0.2, 0.25) is 0 Å². The number of hydrogen-bond acceptors (Lipinski definition) is 2. The minimum absolute atomic E-state index is 0.388. The fraction of sp³-hybridized carbons (Fsp3) is 1.00. The normalized spacial score (nSPS) is 31.8. The molecule has 0 aromatic heterocycles. The third-order valence-corrected chi connectivity index (χ3v) is 4.94. The van der Waals surface area contributed by atoms with Gasteiger partial charge in [0, 0.05) is 26.2 Å². The van der Waals surface area contributed by atoms with E-state index in [2.05, 4.69) is 4.90 Å². The zero-order valence-corrected chi connectivity index (χ0v) is 9.67. The summed E-state index contributed by atoms with van der Waals surface area (Å²) >= 11 is 0. The van der Waals surface area contributed by atoms with Crippen LogP contribution in [0, 0.1) is 10.8 Å². The van der Waals surface area contributed by atoms with Gasteiger partial charge in [-0.3, -0.25) is 0 Å². The molecule has 2 saturated carbocycles. The van der Waals surface area contributed by atoms with E-state index in [1.807, 2.05) is 0 Å². The van der Waals surface area contributed by atoms with Crippen LogP contribution in [0.15, 0.2) is 0 Å². The molecule has 15 heavy (non-hydrogen) atoms. The molecular weight excluding hydrogens is 186 g/mol. The number of aliphatic hydroxyl groups is 1. The molecule has 2 aliphatic carbocycles. The molecule has 2 heteroatoms. The van der Waals surface area contributed by atoms with E-state index in [1.165, 1.54) is 58.2 Å². The summed E-state index contributed by atoms with van der Waals surface area (Å²) in [7, 11) is 0. The lowest BCUT2D eigenvalue weighted by Crippen LogP contribution is -2.56. The maximum atomic E-state index is 9.03. The van der Waals surface area contributed by atoms with E-state index in [4.69, 9.17) is 5.11 Å². The van der Waals surface area contributed by atoms with Gasteiger partial charge in [0.1, 0.15) is 0 Å². The molecule has 0 amide bonds. The quantitative estimate of drug-likeness (QED) is 0.766. The molecule has 3 fully saturated rings. The second-order valence-corrected chi connectivity index (χ2v) is 6.33. The van der Waals surface area contributed by atoms with Gasteiger partial charge in [-0.1, -0.05) is 12.8 Å². The average Bonchev–Trinajstić information content (AvgIpc) is 2.75. The van der Waals surface area contributed by atoms with Crippen molar-refractivity contribution in [1.29, 1.82) is 0 Å². The van der Waals surface area contributed by atoms with E-state index in [9.17, 15) is 0 Å². The molecule has 1 saturated heterocycles. The van der Waals surface area contributed by atoms with Crippen LogP contribution in [-0.2, 0) is 0 Å². The maximum absolute atomic E-state index is 9.03. The van der Waals surface area contributed by atoms with Crippen LogP contribution < -0.4 is 0 Å². The Morgan fingerprint density at radius 3 is 2.20 bits per heavy atom. The first-order chi connectivity index (χ1) is 7.26. The van der Waals surface area contributed by atoms with Crippen molar-refractivity contribution in [1.82, 2.24) is 4.90 Å². The summed E-state index contributed by atoms with van der Waals surface area (Å²) in [5, 5.41) is 9.03. The lowest BCUT2D eigenvalue weighted by Gasteiger charge is -2.49. The van der Waals surface area contributed by atoms with E-state index in [0.717, 1.165) is 11.8 Å². The Labute approximate surface area is 92.7 Å². The van der Waals surface area contributed by atoms with Crippen molar-refractivity contribution in [2.75, 3.05) is 26.2 Å². The number of rotatable bonds is 4. The minimum atomic E-state index is 0.388. The molecule has 1 spiro atoms. The van der Waals surface area contributed by atoms with Crippen LogP contribution >= 0.6 is 0 Å². The van der Waals surface area contributed by atoms with Crippen molar-refractivity contribution >= 4 is 0 Å². The van der Waals surface area contributed by atoms with E-state index in [0.29, 0.717) is 12.0 Å². The lowest BCUT2D eigenvalue weighted by atomic mass is 9.77. The topological polar surface area (TPSA) is 23.5 Å². The number of aliphatic hydroxyl groups excluding tert-OH is 1. The second kappa shape index (κ2) is 3.46. The molecule has 2 nitrogen and oxygen atoms in total. The summed E-state index contributed by atoms with van der Waals surface area (Å²) in [4.78, 5) is 2.65. The SMILES string of the molecule is OCCC1(CN2CC3(CCCC3)C2)CC1. The van der Waals surface area contributed by atoms with Crippen molar-refractivity contribution in [3.8, 4) is 0 Å². The smallest absolute Gasteiger partial charge is 0.0436 e. The van der Waals surface area contributed by atoms with Gasteiger partial charge in [0.05, 0.1) is 0 Å². The first-order valence-electron chi connectivity index (χ1n) is 6.59. The van der Waals surface area contributed by atoms with Crippen LogP contribution in [0.1, 0.15) is 44.9 Å². The van der Waals surface area contributed by atoms with Crippen molar-refractivity contribution < 1.29 is 5.11 Å². The van der Waals surface area contributed by atoms with Crippen LogP contribution in [0.4, 0.5) is 0 Å². The standard InChI is InChI=1S/C13H23NO/c15-8-7-12(5-6-12)9-14-10-13(11-14)3-1-2-4-13/h15H,1-11H2. The largest absolute Gasteiger partial charge is 0.396 e. The van der Waals surface area contributed by atoms with E-state index in [-0.39, 0.29) is 0 Å². The molecule has 1 aliphatic heterocycles. The number of nitrogens with zero attached hydrogens (tertiary/aromatic N) is 1. The fourth-order valence-corrected chi connectivity index (χ4v) is 3.83. The summed E-state index contributed by atoms with van der Waals surface area (Å²) < 4.78 is 0. The highest BCUT2D eigenvalue weighted by Crippen LogP contribution is 2.52. The lowest BCUT2D eigenvalue weighted by molar-refractivity contribution is -0.0109. The summed E-state index contributed by atoms with van der Waals surface area (Å²) in [6.45, 7) is 4.38. The maximum Gasteiger partial charge on any atom is 0.0436 e. The molecule has 1 N–H and O–H groups in total. The predicted octanol–water partition coefficient (Wildman–Crippen LogP) is 2.02. The third-order valence-electron chi connectivity index (χ3n) is 4.94. The van der Waals surface area contributed by atoms with Crippen molar-refractivity contribution in [3.05, 3.63) is 0 Å². The van der Waals surface area contributed by atoms with Gasteiger partial charge in [-0.2, -0.15) is 0 Å². The molecule has 86 valence electrons. The van der Waals surface area contributed by atoms with E-state index < -0.39 is 0 Å². The first kappa shape index (κ1) is 10.1. The van der Waals surface area contributed by atoms with Gasteiger partial charge in [-0.05, 0) is 42.9 Å². The molecule has 1 heterocycles. The minimum Gasteiger partial charge on any atom is -0.396 e. The second-order valence-electron chi connectivity index (χ2n) is 6.33. The molecule has 0 radical (unpaired) electrons. The Morgan fingerprint density at radius 1 is 1.00 bits per heavy atom. The fourth-order valence-electron chi connectivity index (χ4n) is 3.83. The van der Waals surface area contributed by atoms with Gasteiger partial charge in [-0.15, -0.1) is 0 Å². The molecule has 0 aromatic carbocycles. The summed E-state index contributed by atoms with van der Waals surface area (Å²) in [6, 6.07) is 0. The van der Waals surface area contributed by atoms with Crippen LogP contribution in [-0.4, -0.2) is 36.2 Å². The Hall–Kier alpha value is -0.0800. The molecule has 3 aliphatic rings. The molecule has 0 bridgehead atoms. The van der Waals surface area contributed by atoms with Gasteiger partial charge in [-0.25, -0.2) is 0 Å². The summed E-state index contributed by atoms with van der Waals surface area (Å²) in [6.07, 6.45) is 9.66. The Bertz CT molecular complexity index is 233. The molecule has 0 atom stereocenters. The van der Waals surface area contributed by atoms with Gasteiger partial charge >= 0.3 is 0 Å². The average molecular weight is 209 g/mol. The van der Waals surface area contributed by atoms with Crippen molar-refractivity contribution in [3.63, 3.8) is 0 Å². The highest BCUT2D eigenvalue weighted by molar-refractivity contribution is 5.03. The zero-order chi connectivity index (χ0) is 10.4.